The van der Waals surface area contributed by atoms with Gasteiger partial charge in [0.15, 0.2) is 0 Å². The molecule has 3 aromatic rings. The fraction of sp³-hybridized carbons (Fsp3) is 0.286. The van der Waals surface area contributed by atoms with Gasteiger partial charge < -0.3 is 0 Å². The van der Waals surface area contributed by atoms with E-state index in [0.717, 1.165) is 31.7 Å². The highest BCUT2D eigenvalue weighted by Crippen LogP contribution is 2.31. The van der Waals surface area contributed by atoms with E-state index in [1.807, 2.05) is 43.3 Å². The molecule has 5 heteroatoms. The molecule has 2 aliphatic rings. The zero-order valence-corrected chi connectivity index (χ0v) is 18.9. The average molecular weight is 440 g/mol. The van der Waals surface area contributed by atoms with Crippen molar-refractivity contribution < 1.29 is 9.59 Å². The summed E-state index contributed by atoms with van der Waals surface area (Å²) in [6.07, 6.45) is 0.258. The molecule has 2 saturated heterocycles. The van der Waals surface area contributed by atoms with E-state index in [-0.39, 0.29) is 30.3 Å². The van der Waals surface area contributed by atoms with Gasteiger partial charge >= 0.3 is 0 Å². The highest BCUT2D eigenvalue weighted by molar-refractivity contribution is 6.22. The Hall–Kier alpha value is -3.28. The second kappa shape index (κ2) is 9.30. The molecule has 168 valence electrons. The molecule has 0 saturated carbocycles. The third-order valence-electron chi connectivity index (χ3n) is 6.77. The summed E-state index contributed by atoms with van der Waals surface area (Å²) in [5, 5.41) is 0. The molecule has 0 N–H and O–H groups in total. The van der Waals surface area contributed by atoms with E-state index in [9.17, 15) is 9.59 Å². The largest absolute Gasteiger partial charge is 0.290 e. The minimum atomic E-state index is -0.368. The number of benzene rings is 3. The first-order chi connectivity index (χ1) is 16.1. The van der Waals surface area contributed by atoms with Crippen LogP contribution in [0.25, 0.3) is 0 Å². The summed E-state index contributed by atoms with van der Waals surface area (Å²) in [5.41, 5.74) is 4.27. The molecule has 3 aromatic carbocycles. The molecule has 5 rings (SSSR count). The van der Waals surface area contributed by atoms with Crippen molar-refractivity contribution in [3.8, 4) is 0 Å². The van der Waals surface area contributed by atoms with Crippen LogP contribution in [-0.4, -0.2) is 53.8 Å². The number of aryl methyl sites for hydroxylation is 1. The van der Waals surface area contributed by atoms with Gasteiger partial charge in [-0.25, -0.2) is 4.90 Å². The first-order valence-electron chi connectivity index (χ1n) is 11.6. The van der Waals surface area contributed by atoms with Gasteiger partial charge in [0, 0.05) is 26.2 Å². The lowest BCUT2D eigenvalue weighted by Crippen LogP contribution is -2.53. The summed E-state index contributed by atoms with van der Waals surface area (Å²) in [5.74, 6) is -0.203. The number of imide groups is 1. The molecule has 0 bridgehead atoms. The number of hydrogen-bond acceptors (Lipinski definition) is 4. The first-order valence-corrected chi connectivity index (χ1v) is 11.6. The minimum absolute atomic E-state index is 0.0956. The van der Waals surface area contributed by atoms with E-state index in [4.69, 9.17) is 0 Å². The highest BCUT2D eigenvalue weighted by Gasteiger charge is 2.43. The summed E-state index contributed by atoms with van der Waals surface area (Å²) in [6, 6.07) is 28.6. The standard InChI is InChI=1S/C28H29N3O2/c1-21-9-8-14-24(19-21)31-26(32)20-25(28(31)33)29-15-17-30(18-16-29)27(22-10-4-2-5-11-22)23-12-6-3-7-13-23/h2-14,19,25,27H,15-18,20H2,1H3. The second-order valence-corrected chi connectivity index (χ2v) is 8.92. The van der Waals surface area contributed by atoms with Crippen molar-refractivity contribution in [2.45, 2.75) is 25.4 Å². The molecule has 2 amide bonds. The third kappa shape index (κ3) is 4.34. The predicted octanol–water partition coefficient (Wildman–Crippen LogP) is 4.03. The minimum Gasteiger partial charge on any atom is -0.290 e. The van der Waals surface area contributed by atoms with Gasteiger partial charge in [-0.3, -0.25) is 19.4 Å². The molecule has 2 heterocycles. The Morgan fingerprint density at radius 3 is 1.94 bits per heavy atom. The summed E-state index contributed by atoms with van der Waals surface area (Å²) in [4.78, 5) is 32.1. The van der Waals surface area contributed by atoms with Gasteiger partial charge in [0.2, 0.25) is 5.91 Å². The smallest absolute Gasteiger partial charge is 0.251 e. The Bertz CT molecular complexity index is 1080. The number of hydrogen-bond donors (Lipinski definition) is 0. The van der Waals surface area contributed by atoms with Crippen molar-refractivity contribution in [2.75, 3.05) is 31.1 Å². The Kier molecular flexibility index (Phi) is 6.07. The van der Waals surface area contributed by atoms with E-state index in [1.165, 1.54) is 16.0 Å². The van der Waals surface area contributed by atoms with Crippen LogP contribution >= 0.6 is 0 Å². The SMILES string of the molecule is Cc1cccc(N2C(=O)CC(N3CCN(C(c4ccccc4)c4ccccc4)CC3)C2=O)c1. The third-order valence-corrected chi connectivity index (χ3v) is 6.77. The lowest BCUT2D eigenvalue weighted by atomic mass is 9.96. The molecule has 1 unspecified atom stereocenters. The summed E-state index contributed by atoms with van der Waals surface area (Å²) in [7, 11) is 0. The summed E-state index contributed by atoms with van der Waals surface area (Å²) in [6.45, 7) is 5.19. The van der Waals surface area contributed by atoms with Crippen LogP contribution in [-0.2, 0) is 9.59 Å². The van der Waals surface area contributed by atoms with Gasteiger partial charge in [-0.15, -0.1) is 0 Å². The number of anilines is 1. The van der Waals surface area contributed by atoms with Gasteiger partial charge in [-0.2, -0.15) is 0 Å². The van der Waals surface area contributed by atoms with Crippen LogP contribution in [0.3, 0.4) is 0 Å². The zero-order valence-electron chi connectivity index (χ0n) is 18.9. The number of rotatable bonds is 5. The molecule has 0 aromatic heterocycles. The Morgan fingerprint density at radius 2 is 1.36 bits per heavy atom. The maximum Gasteiger partial charge on any atom is 0.251 e. The quantitative estimate of drug-likeness (QED) is 0.563. The van der Waals surface area contributed by atoms with Gasteiger partial charge in [-0.1, -0.05) is 72.8 Å². The van der Waals surface area contributed by atoms with Gasteiger partial charge in [-0.05, 0) is 35.7 Å². The van der Waals surface area contributed by atoms with Gasteiger partial charge in [0.05, 0.1) is 24.2 Å². The number of carbonyl (C=O) groups is 2. The molecule has 2 fully saturated rings. The fourth-order valence-corrected chi connectivity index (χ4v) is 5.13. The summed E-state index contributed by atoms with van der Waals surface area (Å²) < 4.78 is 0. The van der Waals surface area contributed by atoms with E-state index < -0.39 is 0 Å². The van der Waals surface area contributed by atoms with Crippen LogP contribution < -0.4 is 4.90 Å². The van der Waals surface area contributed by atoms with Crippen LogP contribution in [0.1, 0.15) is 29.2 Å². The lowest BCUT2D eigenvalue weighted by molar-refractivity contribution is -0.123. The van der Waals surface area contributed by atoms with Crippen molar-refractivity contribution in [3.05, 3.63) is 102 Å². The predicted molar refractivity (Wildman–Crippen MR) is 130 cm³/mol. The topological polar surface area (TPSA) is 43.9 Å². The van der Waals surface area contributed by atoms with Crippen LogP contribution in [0.2, 0.25) is 0 Å². The lowest BCUT2D eigenvalue weighted by Gasteiger charge is -2.41. The van der Waals surface area contributed by atoms with Crippen LogP contribution in [0.15, 0.2) is 84.9 Å². The van der Waals surface area contributed by atoms with Gasteiger partial charge in [0.1, 0.15) is 0 Å². The average Bonchev–Trinajstić information content (AvgIpc) is 3.15. The van der Waals surface area contributed by atoms with Crippen LogP contribution in [0, 0.1) is 6.92 Å². The van der Waals surface area contributed by atoms with Crippen molar-refractivity contribution in [1.29, 1.82) is 0 Å². The number of carbonyl (C=O) groups excluding carboxylic acids is 2. The molecule has 2 aliphatic heterocycles. The fourth-order valence-electron chi connectivity index (χ4n) is 5.13. The molecule has 0 radical (unpaired) electrons. The molecular formula is C28H29N3O2. The number of amides is 2. The van der Waals surface area contributed by atoms with E-state index >= 15 is 0 Å². The van der Waals surface area contributed by atoms with Gasteiger partial charge in [0.25, 0.3) is 5.91 Å². The molecule has 33 heavy (non-hydrogen) atoms. The zero-order chi connectivity index (χ0) is 22.8. The van der Waals surface area contributed by atoms with Crippen molar-refractivity contribution in [2.24, 2.45) is 0 Å². The Morgan fingerprint density at radius 1 is 0.758 bits per heavy atom. The monoisotopic (exact) mass is 439 g/mol. The maximum atomic E-state index is 13.2. The van der Waals surface area contributed by atoms with E-state index in [1.54, 1.807) is 0 Å². The molecule has 1 atom stereocenters. The molecule has 5 nitrogen and oxygen atoms in total. The van der Waals surface area contributed by atoms with E-state index in [0.29, 0.717) is 5.69 Å². The Labute approximate surface area is 195 Å². The summed E-state index contributed by atoms with van der Waals surface area (Å²) >= 11 is 0. The van der Waals surface area contributed by atoms with Crippen LogP contribution in [0.5, 0.6) is 0 Å². The highest BCUT2D eigenvalue weighted by atomic mass is 16.2. The van der Waals surface area contributed by atoms with E-state index in [2.05, 4.69) is 58.3 Å². The van der Waals surface area contributed by atoms with Crippen molar-refractivity contribution in [3.63, 3.8) is 0 Å². The maximum absolute atomic E-state index is 13.2. The Balaban J connectivity index is 1.31. The first kappa shape index (κ1) is 21.6. The van der Waals surface area contributed by atoms with Crippen LogP contribution in [0.4, 0.5) is 5.69 Å². The van der Waals surface area contributed by atoms with Crippen molar-refractivity contribution >= 4 is 17.5 Å². The number of piperazine rings is 1. The second-order valence-electron chi connectivity index (χ2n) is 8.92. The molecular weight excluding hydrogens is 410 g/mol. The normalized spacial score (nSPS) is 20.1. The molecule has 0 spiro atoms. The van der Waals surface area contributed by atoms with Crippen molar-refractivity contribution in [1.82, 2.24) is 9.80 Å². The number of nitrogens with zero attached hydrogens (tertiary/aromatic N) is 3. The molecule has 0 aliphatic carbocycles.